The van der Waals surface area contributed by atoms with Crippen LogP contribution in [0.5, 0.6) is 0 Å². The fourth-order valence-corrected chi connectivity index (χ4v) is 2.46. The van der Waals surface area contributed by atoms with E-state index in [2.05, 4.69) is 5.32 Å². The Hall–Kier alpha value is -3.21. The first-order chi connectivity index (χ1) is 12.0. The summed E-state index contributed by atoms with van der Waals surface area (Å²) in [7, 11) is 0. The molecule has 0 aliphatic carbocycles. The number of carbonyl (C=O) groups excluding carboxylic acids is 2. The van der Waals surface area contributed by atoms with Gasteiger partial charge in [-0.2, -0.15) is 0 Å². The molecule has 0 saturated carbocycles. The lowest BCUT2D eigenvalue weighted by Crippen LogP contribution is -2.30. The molecule has 0 aromatic heterocycles. The summed E-state index contributed by atoms with van der Waals surface area (Å²) in [4.78, 5) is 24.6. The molecule has 3 aromatic carbocycles. The maximum absolute atomic E-state index is 12.9. The van der Waals surface area contributed by atoms with Crippen LogP contribution >= 0.6 is 0 Å². The number of nitrogens with one attached hydrogen (secondary N) is 1. The topological polar surface area (TPSA) is 55.4 Å². The van der Waals surface area contributed by atoms with E-state index in [1.807, 2.05) is 30.3 Å². The molecule has 0 aliphatic heterocycles. The van der Waals surface area contributed by atoms with Crippen LogP contribution in [0.15, 0.2) is 66.7 Å². The van der Waals surface area contributed by atoms with E-state index in [1.54, 1.807) is 12.1 Å². The molecule has 0 saturated heterocycles. The van der Waals surface area contributed by atoms with Gasteiger partial charge in [0.1, 0.15) is 5.82 Å². The van der Waals surface area contributed by atoms with Crippen LogP contribution in [0.4, 0.5) is 10.1 Å². The van der Waals surface area contributed by atoms with Crippen molar-refractivity contribution in [1.29, 1.82) is 0 Å². The van der Waals surface area contributed by atoms with E-state index in [4.69, 9.17) is 4.74 Å². The lowest BCUT2D eigenvalue weighted by Gasteiger charge is -2.14. The first-order valence-electron chi connectivity index (χ1n) is 7.80. The summed E-state index contributed by atoms with van der Waals surface area (Å²) in [5.41, 5.74) is 0.832. The van der Waals surface area contributed by atoms with E-state index in [0.717, 1.165) is 10.8 Å². The van der Waals surface area contributed by atoms with E-state index in [1.165, 1.54) is 31.2 Å². The maximum Gasteiger partial charge on any atom is 0.339 e. The number of esters is 1. The Labute approximate surface area is 144 Å². The van der Waals surface area contributed by atoms with Gasteiger partial charge in [-0.25, -0.2) is 9.18 Å². The number of hydrogen-bond donors (Lipinski definition) is 1. The first-order valence-corrected chi connectivity index (χ1v) is 7.80. The Morgan fingerprint density at radius 1 is 0.960 bits per heavy atom. The molecule has 0 fully saturated rings. The highest BCUT2D eigenvalue weighted by molar-refractivity contribution is 6.05. The predicted octanol–water partition coefficient (Wildman–Crippen LogP) is 4.16. The average molecular weight is 337 g/mol. The molecule has 4 nitrogen and oxygen atoms in total. The van der Waals surface area contributed by atoms with Gasteiger partial charge in [0.05, 0.1) is 5.56 Å². The van der Waals surface area contributed by atoms with Crippen molar-refractivity contribution in [3.63, 3.8) is 0 Å². The monoisotopic (exact) mass is 337 g/mol. The van der Waals surface area contributed by atoms with Crippen molar-refractivity contribution in [3.05, 3.63) is 78.1 Å². The average Bonchev–Trinajstić information content (AvgIpc) is 2.63. The van der Waals surface area contributed by atoms with Gasteiger partial charge in [0.15, 0.2) is 6.10 Å². The van der Waals surface area contributed by atoms with Crippen molar-refractivity contribution in [1.82, 2.24) is 0 Å². The zero-order valence-electron chi connectivity index (χ0n) is 13.5. The molecule has 0 spiro atoms. The van der Waals surface area contributed by atoms with E-state index in [0.29, 0.717) is 11.3 Å². The van der Waals surface area contributed by atoms with E-state index >= 15 is 0 Å². The largest absolute Gasteiger partial charge is 0.449 e. The Balaban J connectivity index is 1.71. The van der Waals surface area contributed by atoms with Crippen LogP contribution in [0.1, 0.15) is 17.3 Å². The molecule has 0 heterocycles. The molecule has 1 atom stereocenters. The number of hydrogen-bond acceptors (Lipinski definition) is 3. The van der Waals surface area contributed by atoms with Crippen LogP contribution < -0.4 is 5.32 Å². The van der Waals surface area contributed by atoms with E-state index in [-0.39, 0.29) is 0 Å². The fraction of sp³-hybridized carbons (Fsp3) is 0.100. The minimum Gasteiger partial charge on any atom is -0.449 e. The number of rotatable bonds is 4. The Kier molecular flexibility index (Phi) is 4.75. The summed E-state index contributed by atoms with van der Waals surface area (Å²) in [6, 6.07) is 18.1. The van der Waals surface area contributed by atoms with Gasteiger partial charge in [0.2, 0.25) is 0 Å². The summed E-state index contributed by atoms with van der Waals surface area (Å²) < 4.78 is 18.2. The molecular formula is C20H16FNO3. The molecular weight excluding hydrogens is 321 g/mol. The van der Waals surface area contributed by atoms with Crippen LogP contribution in [0.25, 0.3) is 10.8 Å². The highest BCUT2D eigenvalue weighted by Crippen LogP contribution is 2.20. The minimum absolute atomic E-state index is 0.395. The predicted molar refractivity (Wildman–Crippen MR) is 93.9 cm³/mol. The normalized spacial score (nSPS) is 11.8. The first kappa shape index (κ1) is 16.6. The van der Waals surface area contributed by atoms with Crippen molar-refractivity contribution >= 4 is 28.3 Å². The second kappa shape index (κ2) is 7.13. The van der Waals surface area contributed by atoms with Crippen molar-refractivity contribution in [3.8, 4) is 0 Å². The maximum atomic E-state index is 12.9. The smallest absolute Gasteiger partial charge is 0.339 e. The second-order valence-corrected chi connectivity index (χ2v) is 5.57. The Morgan fingerprint density at radius 2 is 1.64 bits per heavy atom. The van der Waals surface area contributed by atoms with Gasteiger partial charge in [0, 0.05) is 5.69 Å². The zero-order chi connectivity index (χ0) is 17.8. The van der Waals surface area contributed by atoms with Crippen LogP contribution in [0.3, 0.4) is 0 Å². The molecule has 25 heavy (non-hydrogen) atoms. The van der Waals surface area contributed by atoms with Gasteiger partial charge >= 0.3 is 5.97 Å². The number of fused-ring (bicyclic) bond motifs is 1. The second-order valence-electron chi connectivity index (χ2n) is 5.57. The third-order valence-corrected chi connectivity index (χ3v) is 3.77. The van der Waals surface area contributed by atoms with Gasteiger partial charge in [-0.05, 0) is 48.0 Å². The fourth-order valence-electron chi connectivity index (χ4n) is 2.46. The lowest BCUT2D eigenvalue weighted by molar-refractivity contribution is -0.123. The summed E-state index contributed by atoms with van der Waals surface area (Å²) >= 11 is 0. The third kappa shape index (κ3) is 3.83. The summed E-state index contributed by atoms with van der Waals surface area (Å²) in [5, 5.41) is 4.26. The lowest BCUT2D eigenvalue weighted by atomic mass is 10.0. The SMILES string of the molecule is CC(OC(=O)c1cccc2ccccc12)C(=O)Nc1ccc(F)cc1. The highest BCUT2D eigenvalue weighted by Gasteiger charge is 2.20. The molecule has 0 radical (unpaired) electrons. The molecule has 1 unspecified atom stereocenters. The highest BCUT2D eigenvalue weighted by atomic mass is 19.1. The number of amides is 1. The van der Waals surface area contributed by atoms with Gasteiger partial charge in [-0.15, -0.1) is 0 Å². The van der Waals surface area contributed by atoms with E-state index in [9.17, 15) is 14.0 Å². The van der Waals surface area contributed by atoms with Crippen molar-refractivity contribution in [2.45, 2.75) is 13.0 Å². The minimum atomic E-state index is -0.989. The number of carbonyl (C=O) groups is 2. The Morgan fingerprint density at radius 3 is 2.40 bits per heavy atom. The zero-order valence-corrected chi connectivity index (χ0v) is 13.5. The molecule has 126 valence electrons. The summed E-state index contributed by atoms with van der Waals surface area (Å²) in [5.74, 6) is -1.45. The Bertz CT molecular complexity index is 916. The van der Waals surface area contributed by atoms with Crippen LogP contribution in [-0.4, -0.2) is 18.0 Å². The van der Waals surface area contributed by atoms with Gasteiger partial charge in [-0.3, -0.25) is 4.79 Å². The molecule has 0 aliphatic rings. The van der Waals surface area contributed by atoms with Gasteiger partial charge in [-0.1, -0.05) is 36.4 Å². The number of anilines is 1. The molecule has 3 aromatic rings. The molecule has 1 N–H and O–H groups in total. The van der Waals surface area contributed by atoms with Crippen molar-refractivity contribution in [2.75, 3.05) is 5.32 Å². The van der Waals surface area contributed by atoms with Crippen molar-refractivity contribution in [2.24, 2.45) is 0 Å². The third-order valence-electron chi connectivity index (χ3n) is 3.77. The van der Waals surface area contributed by atoms with Crippen molar-refractivity contribution < 1.29 is 18.7 Å². The number of ether oxygens (including phenoxy) is 1. The standard InChI is InChI=1S/C20H16FNO3/c1-13(19(23)22-16-11-9-15(21)10-12-16)25-20(24)18-8-4-6-14-5-2-3-7-17(14)18/h2-13H,1H3,(H,22,23). The van der Waals surface area contributed by atoms with Gasteiger partial charge < -0.3 is 10.1 Å². The molecule has 3 rings (SSSR count). The van der Waals surface area contributed by atoms with Gasteiger partial charge in [0.25, 0.3) is 5.91 Å². The quantitative estimate of drug-likeness (QED) is 0.727. The molecule has 1 amide bonds. The molecule has 5 heteroatoms. The summed E-state index contributed by atoms with van der Waals surface area (Å²) in [6.45, 7) is 1.49. The van der Waals surface area contributed by atoms with E-state index < -0.39 is 23.8 Å². The van der Waals surface area contributed by atoms with Crippen LogP contribution in [0, 0.1) is 5.82 Å². The van der Waals surface area contributed by atoms with Crippen LogP contribution in [0.2, 0.25) is 0 Å². The molecule has 0 bridgehead atoms. The number of benzene rings is 3. The number of halogens is 1. The summed E-state index contributed by atoms with van der Waals surface area (Å²) in [6.07, 6.45) is -0.989. The van der Waals surface area contributed by atoms with Crippen LogP contribution in [-0.2, 0) is 9.53 Å².